The van der Waals surface area contributed by atoms with Gasteiger partial charge >= 0.3 is 0 Å². The van der Waals surface area contributed by atoms with E-state index in [1.54, 1.807) is 0 Å². The molecule has 0 amide bonds. The van der Waals surface area contributed by atoms with E-state index in [9.17, 15) is 0 Å². The highest BCUT2D eigenvalue weighted by molar-refractivity contribution is 5.80. The standard InChI is InChI=1S/C16H16N4O/c1-2-4-13-11(3-1)5-8-14(18-13)16-19-15(21-20-16)9-10-17-12-6-7-12/h1-5,8,12,17H,6-7,9-10H2. The summed E-state index contributed by atoms with van der Waals surface area (Å²) < 4.78 is 5.29. The normalized spacial score (nSPS) is 14.7. The third-order valence-corrected chi connectivity index (χ3v) is 3.64. The maximum absolute atomic E-state index is 5.29. The monoisotopic (exact) mass is 280 g/mol. The SMILES string of the molecule is c1ccc2nc(-c3noc(CCNC4CC4)n3)ccc2c1. The number of pyridine rings is 1. The largest absolute Gasteiger partial charge is 0.339 e. The molecule has 0 unspecified atom stereocenters. The molecule has 0 bridgehead atoms. The van der Waals surface area contributed by atoms with Crippen LogP contribution in [0.2, 0.25) is 0 Å². The molecule has 0 radical (unpaired) electrons. The van der Waals surface area contributed by atoms with Crippen LogP contribution in [0.4, 0.5) is 0 Å². The third-order valence-electron chi connectivity index (χ3n) is 3.64. The number of para-hydroxylation sites is 1. The lowest BCUT2D eigenvalue weighted by molar-refractivity contribution is 0.376. The van der Waals surface area contributed by atoms with Crippen molar-refractivity contribution in [3.8, 4) is 11.5 Å². The van der Waals surface area contributed by atoms with Crippen LogP contribution >= 0.6 is 0 Å². The van der Waals surface area contributed by atoms with Crippen LogP contribution in [0, 0.1) is 0 Å². The zero-order chi connectivity index (χ0) is 14.1. The Morgan fingerprint density at radius 1 is 1.10 bits per heavy atom. The fraction of sp³-hybridized carbons (Fsp3) is 0.312. The molecule has 3 aromatic rings. The van der Waals surface area contributed by atoms with Gasteiger partial charge < -0.3 is 9.84 Å². The summed E-state index contributed by atoms with van der Waals surface area (Å²) in [5, 5.41) is 8.57. The van der Waals surface area contributed by atoms with Gasteiger partial charge in [-0.15, -0.1) is 0 Å². The van der Waals surface area contributed by atoms with E-state index in [1.807, 2.05) is 36.4 Å². The van der Waals surface area contributed by atoms with Gasteiger partial charge in [0.05, 0.1) is 5.52 Å². The van der Waals surface area contributed by atoms with Gasteiger partial charge in [-0.05, 0) is 25.0 Å². The summed E-state index contributed by atoms with van der Waals surface area (Å²) in [7, 11) is 0. The summed E-state index contributed by atoms with van der Waals surface area (Å²) in [4.78, 5) is 9.00. The van der Waals surface area contributed by atoms with Crippen molar-refractivity contribution >= 4 is 10.9 Å². The van der Waals surface area contributed by atoms with Gasteiger partial charge in [0, 0.05) is 24.4 Å². The smallest absolute Gasteiger partial charge is 0.228 e. The molecule has 0 saturated heterocycles. The molecule has 0 spiro atoms. The first-order chi connectivity index (χ1) is 10.4. The molecule has 1 aliphatic carbocycles. The third kappa shape index (κ3) is 2.78. The molecule has 2 aromatic heterocycles. The second-order valence-electron chi connectivity index (χ2n) is 5.38. The predicted molar refractivity (Wildman–Crippen MR) is 79.8 cm³/mol. The summed E-state index contributed by atoms with van der Waals surface area (Å²) in [6.45, 7) is 0.886. The Morgan fingerprint density at radius 3 is 2.90 bits per heavy atom. The molecular formula is C16H16N4O. The molecule has 1 aliphatic rings. The number of fused-ring (bicyclic) bond motifs is 1. The number of hydrogen-bond donors (Lipinski definition) is 1. The van der Waals surface area contributed by atoms with Crippen LogP contribution in [-0.4, -0.2) is 27.7 Å². The molecule has 1 aromatic carbocycles. The molecule has 1 saturated carbocycles. The van der Waals surface area contributed by atoms with Crippen molar-refractivity contribution in [2.24, 2.45) is 0 Å². The highest BCUT2D eigenvalue weighted by Crippen LogP contribution is 2.20. The zero-order valence-corrected chi connectivity index (χ0v) is 11.6. The number of hydrogen-bond acceptors (Lipinski definition) is 5. The van der Waals surface area contributed by atoms with Crippen molar-refractivity contribution in [3.05, 3.63) is 42.3 Å². The van der Waals surface area contributed by atoms with E-state index in [0.29, 0.717) is 17.8 Å². The van der Waals surface area contributed by atoms with Gasteiger partial charge in [0.25, 0.3) is 0 Å². The number of nitrogens with zero attached hydrogens (tertiary/aromatic N) is 3. The first-order valence-corrected chi connectivity index (χ1v) is 7.31. The van der Waals surface area contributed by atoms with Gasteiger partial charge in [-0.25, -0.2) is 4.98 Å². The minimum absolute atomic E-state index is 0.558. The van der Waals surface area contributed by atoms with Gasteiger partial charge in [-0.1, -0.05) is 29.4 Å². The highest BCUT2D eigenvalue weighted by atomic mass is 16.5. The number of aromatic nitrogens is 3. The van der Waals surface area contributed by atoms with Crippen LogP contribution < -0.4 is 5.32 Å². The molecule has 5 nitrogen and oxygen atoms in total. The summed E-state index contributed by atoms with van der Waals surface area (Å²) in [6, 6.07) is 12.7. The highest BCUT2D eigenvalue weighted by Gasteiger charge is 2.20. The molecular weight excluding hydrogens is 264 g/mol. The minimum atomic E-state index is 0.558. The lowest BCUT2D eigenvalue weighted by Gasteiger charge is -1.98. The van der Waals surface area contributed by atoms with Gasteiger partial charge in [0.2, 0.25) is 11.7 Å². The first kappa shape index (κ1) is 12.5. The predicted octanol–water partition coefficient (Wildman–Crippen LogP) is 2.58. The van der Waals surface area contributed by atoms with Gasteiger partial charge in [-0.3, -0.25) is 0 Å². The summed E-state index contributed by atoms with van der Waals surface area (Å²) in [6.07, 6.45) is 3.34. The van der Waals surface area contributed by atoms with Crippen molar-refractivity contribution in [2.45, 2.75) is 25.3 Å². The van der Waals surface area contributed by atoms with Crippen molar-refractivity contribution in [3.63, 3.8) is 0 Å². The Hall–Kier alpha value is -2.27. The van der Waals surface area contributed by atoms with E-state index in [-0.39, 0.29) is 0 Å². The molecule has 106 valence electrons. The minimum Gasteiger partial charge on any atom is -0.339 e. The summed E-state index contributed by atoms with van der Waals surface area (Å²) >= 11 is 0. The summed E-state index contributed by atoms with van der Waals surface area (Å²) in [5.41, 5.74) is 1.69. The average Bonchev–Trinajstić information content (AvgIpc) is 3.23. The number of nitrogens with one attached hydrogen (secondary N) is 1. The lowest BCUT2D eigenvalue weighted by atomic mass is 10.2. The molecule has 1 fully saturated rings. The topological polar surface area (TPSA) is 63.8 Å². The Balaban J connectivity index is 1.52. The van der Waals surface area contributed by atoms with E-state index < -0.39 is 0 Å². The maximum atomic E-state index is 5.29. The van der Waals surface area contributed by atoms with E-state index in [4.69, 9.17) is 4.52 Å². The van der Waals surface area contributed by atoms with Crippen LogP contribution in [0.15, 0.2) is 40.9 Å². The van der Waals surface area contributed by atoms with Crippen molar-refractivity contribution in [1.82, 2.24) is 20.4 Å². The summed E-state index contributed by atoms with van der Waals surface area (Å²) in [5.74, 6) is 1.22. The Kier molecular flexibility index (Phi) is 3.12. The van der Waals surface area contributed by atoms with Crippen molar-refractivity contribution in [2.75, 3.05) is 6.54 Å². The Morgan fingerprint density at radius 2 is 2.00 bits per heavy atom. The van der Waals surface area contributed by atoms with E-state index in [2.05, 4.69) is 20.4 Å². The molecule has 21 heavy (non-hydrogen) atoms. The molecule has 0 aliphatic heterocycles. The van der Waals surface area contributed by atoms with E-state index >= 15 is 0 Å². The second kappa shape index (κ2) is 5.26. The lowest BCUT2D eigenvalue weighted by Crippen LogP contribution is -2.19. The molecule has 5 heteroatoms. The molecule has 4 rings (SSSR count). The second-order valence-corrected chi connectivity index (χ2v) is 5.38. The Bertz CT molecular complexity index is 764. The van der Waals surface area contributed by atoms with Crippen LogP contribution in [0.25, 0.3) is 22.4 Å². The van der Waals surface area contributed by atoms with E-state index in [0.717, 1.165) is 29.6 Å². The fourth-order valence-electron chi connectivity index (χ4n) is 2.32. The first-order valence-electron chi connectivity index (χ1n) is 7.31. The van der Waals surface area contributed by atoms with Crippen molar-refractivity contribution in [1.29, 1.82) is 0 Å². The average molecular weight is 280 g/mol. The van der Waals surface area contributed by atoms with Gasteiger partial charge in [-0.2, -0.15) is 4.98 Å². The van der Waals surface area contributed by atoms with E-state index in [1.165, 1.54) is 12.8 Å². The quantitative estimate of drug-likeness (QED) is 0.778. The maximum Gasteiger partial charge on any atom is 0.228 e. The van der Waals surface area contributed by atoms with Gasteiger partial charge in [0.1, 0.15) is 5.69 Å². The van der Waals surface area contributed by atoms with Crippen LogP contribution in [0.5, 0.6) is 0 Å². The van der Waals surface area contributed by atoms with Crippen LogP contribution in [0.3, 0.4) is 0 Å². The molecule has 2 heterocycles. The molecule has 1 N–H and O–H groups in total. The number of benzene rings is 1. The van der Waals surface area contributed by atoms with Crippen LogP contribution in [-0.2, 0) is 6.42 Å². The van der Waals surface area contributed by atoms with Gasteiger partial charge in [0.15, 0.2) is 0 Å². The number of rotatable bonds is 5. The van der Waals surface area contributed by atoms with Crippen molar-refractivity contribution < 1.29 is 4.52 Å². The fourth-order valence-corrected chi connectivity index (χ4v) is 2.32. The Labute approximate surface area is 122 Å². The molecule has 0 atom stereocenters. The van der Waals surface area contributed by atoms with Crippen LogP contribution in [0.1, 0.15) is 18.7 Å². The zero-order valence-electron chi connectivity index (χ0n) is 11.6.